The van der Waals surface area contributed by atoms with Crippen molar-refractivity contribution in [3.8, 4) is 5.75 Å². The molecule has 0 saturated heterocycles. The number of fused-ring (bicyclic) bond motifs is 1. The van der Waals surface area contributed by atoms with E-state index in [0.29, 0.717) is 6.04 Å². The van der Waals surface area contributed by atoms with Crippen LogP contribution in [0.5, 0.6) is 5.75 Å². The van der Waals surface area contributed by atoms with Gasteiger partial charge in [-0.2, -0.15) is 0 Å². The minimum Gasteiger partial charge on any atom is -0.496 e. The van der Waals surface area contributed by atoms with Crippen LogP contribution in [-0.4, -0.2) is 31.1 Å². The van der Waals surface area contributed by atoms with E-state index in [1.54, 1.807) is 0 Å². The van der Waals surface area contributed by atoms with Gasteiger partial charge in [0.2, 0.25) is 0 Å². The third-order valence-electron chi connectivity index (χ3n) is 5.89. The number of hydrogen-bond donors (Lipinski definition) is 0. The third-order valence-corrected chi connectivity index (χ3v) is 5.89. The quantitative estimate of drug-likeness (QED) is 0.585. The zero-order chi connectivity index (χ0) is 19.1. The van der Waals surface area contributed by atoms with E-state index in [-0.39, 0.29) is 0 Å². The molecule has 2 aromatic carbocycles. The van der Waals surface area contributed by atoms with Gasteiger partial charge in [0.05, 0.1) is 7.11 Å². The van der Waals surface area contributed by atoms with E-state index in [2.05, 4.69) is 61.2 Å². The topological polar surface area (TPSA) is 12.5 Å². The fourth-order valence-electron chi connectivity index (χ4n) is 4.59. The summed E-state index contributed by atoms with van der Waals surface area (Å²) in [4.78, 5) is 2.71. The van der Waals surface area contributed by atoms with Crippen LogP contribution in [0.15, 0.2) is 42.5 Å². The third kappa shape index (κ3) is 4.93. The van der Waals surface area contributed by atoms with Crippen LogP contribution in [0.4, 0.5) is 0 Å². The smallest absolute Gasteiger partial charge is 0.125 e. The largest absolute Gasteiger partial charge is 0.496 e. The molecular formula is C25H35NO. The highest BCUT2D eigenvalue weighted by Crippen LogP contribution is 2.35. The maximum absolute atomic E-state index is 5.91. The molecule has 0 spiro atoms. The minimum atomic E-state index is 0.692. The molecular weight excluding hydrogens is 330 g/mol. The van der Waals surface area contributed by atoms with Gasteiger partial charge in [0.1, 0.15) is 5.75 Å². The summed E-state index contributed by atoms with van der Waals surface area (Å²) in [6.07, 6.45) is 8.17. The standard InChI is InChI=1S/C25H35NO/c1-4-17-26(18-5-2)23-15-16-24-22(19-23)14-13-21(25(24)27-3)12-11-20-9-7-6-8-10-20/h6-10,13-14,23H,4-5,11-12,15-19H2,1-3H3/t23-/m1/s1. The first-order valence-corrected chi connectivity index (χ1v) is 10.7. The summed E-state index contributed by atoms with van der Waals surface area (Å²) < 4.78 is 5.91. The van der Waals surface area contributed by atoms with Crippen molar-refractivity contribution in [2.45, 2.75) is 64.8 Å². The Labute approximate surface area is 165 Å². The van der Waals surface area contributed by atoms with Gasteiger partial charge in [-0.05, 0) is 80.3 Å². The van der Waals surface area contributed by atoms with Crippen LogP contribution < -0.4 is 4.74 Å². The van der Waals surface area contributed by atoms with E-state index < -0.39 is 0 Å². The molecule has 0 aromatic heterocycles. The average Bonchev–Trinajstić information content (AvgIpc) is 2.72. The van der Waals surface area contributed by atoms with E-state index in [1.165, 1.54) is 61.0 Å². The molecule has 0 bridgehead atoms. The van der Waals surface area contributed by atoms with Crippen LogP contribution in [0, 0.1) is 0 Å². The Morgan fingerprint density at radius 3 is 2.37 bits per heavy atom. The predicted octanol–water partition coefficient (Wildman–Crippen LogP) is 5.46. The van der Waals surface area contributed by atoms with E-state index >= 15 is 0 Å². The molecule has 2 heteroatoms. The zero-order valence-corrected chi connectivity index (χ0v) is 17.3. The van der Waals surface area contributed by atoms with E-state index in [1.807, 2.05) is 7.11 Å². The molecule has 0 saturated carbocycles. The highest BCUT2D eigenvalue weighted by atomic mass is 16.5. The maximum atomic E-state index is 5.91. The lowest BCUT2D eigenvalue weighted by molar-refractivity contribution is 0.179. The van der Waals surface area contributed by atoms with Crippen LogP contribution in [0.25, 0.3) is 0 Å². The van der Waals surface area contributed by atoms with Gasteiger partial charge in [0, 0.05) is 6.04 Å². The normalized spacial score (nSPS) is 16.4. The lowest BCUT2D eigenvalue weighted by Gasteiger charge is -2.35. The van der Waals surface area contributed by atoms with Crippen molar-refractivity contribution in [2.75, 3.05) is 20.2 Å². The number of benzene rings is 2. The van der Waals surface area contributed by atoms with Crippen LogP contribution >= 0.6 is 0 Å². The SMILES string of the molecule is CCCN(CCC)[C@@H]1CCc2c(ccc(CCc3ccccc3)c2OC)C1. The first kappa shape index (κ1) is 19.9. The van der Waals surface area contributed by atoms with Crippen molar-refractivity contribution >= 4 is 0 Å². The van der Waals surface area contributed by atoms with Crippen molar-refractivity contribution in [3.63, 3.8) is 0 Å². The van der Waals surface area contributed by atoms with Crippen molar-refractivity contribution in [2.24, 2.45) is 0 Å². The van der Waals surface area contributed by atoms with E-state index in [0.717, 1.165) is 25.0 Å². The molecule has 3 rings (SSSR count). The Bertz CT molecular complexity index is 704. The Balaban J connectivity index is 1.75. The summed E-state index contributed by atoms with van der Waals surface area (Å²) in [7, 11) is 1.84. The van der Waals surface area contributed by atoms with Gasteiger partial charge < -0.3 is 9.64 Å². The lowest BCUT2D eigenvalue weighted by Crippen LogP contribution is -2.40. The molecule has 146 valence electrons. The summed E-state index contributed by atoms with van der Waals surface area (Å²) in [5.41, 5.74) is 5.72. The van der Waals surface area contributed by atoms with Crippen LogP contribution in [0.1, 0.15) is 55.4 Å². The van der Waals surface area contributed by atoms with Crippen LogP contribution in [-0.2, 0) is 25.7 Å². The van der Waals surface area contributed by atoms with Crippen molar-refractivity contribution in [1.82, 2.24) is 4.90 Å². The number of hydrogen-bond acceptors (Lipinski definition) is 2. The van der Waals surface area contributed by atoms with Crippen LogP contribution in [0.3, 0.4) is 0 Å². The number of rotatable bonds is 9. The van der Waals surface area contributed by atoms with Crippen molar-refractivity contribution < 1.29 is 4.74 Å². The van der Waals surface area contributed by atoms with Crippen molar-refractivity contribution in [1.29, 1.82) is 0 Å². The molecule has 1 aliphatic rings. The van der Waals surface area contributed by atoms with Gasteiger partial charge in [-0.3, -0.25) is 0 Å². The Morgan fingerprint density at radius 1 is 0.963 bits per heavy atom. The second-order valence-electron chi connectivity index (χ2n) is 7.81. The van der Waals surface area contributed by atoms with Gasteiger partial charge in [-0.25, -0.2) is 0 Å². The molecule has 0 radical (unpaired) electrons. The van der Waals surface area contributed by atoms with Gasteiger partial charge >= 0.3 is 0 Å². The number of ether oxygens (including phenoxy) is 1. The fourth-order valence-corrected chi connectivity index (χ4v) is 4.59. The van der Waals surface area contributed by atoms with Gasteiger partial charge in [0.15, 0.2) is 0 Å². The molecule has 2 nitrogen and oxygen atoms in total. The first-order valence-electron chi connectivity index (χ1n) is 10.7. The molecule has 27 heavy (non-hydrogen) atoms. The molecule has 2 aromatic rings. The number of nitrogens with zero attached hydrogens (tertiary/aromatic N) is 1. The monoisotopic (exact) mass is 365 g/mol. The van der Waals surface area contributed by atoms with E-state index in [9.17, 15) is 0 Å². The lowest BCUT2D eigenvalue weighted by atomic mass is 9.84. The predicted molar refractivity (Wildman–Crippen MR) is 115 cm³/mol. The number of aryl methyl sites for hydroxylation is 2. The Morgan fingerprint density at radius 2 is 1.70 bits per heavy atom. The Kier molecular flexibility index (Phi) is 7.34. The maximum Gasteiger partial charge on any atom is 0.125 e. The summed E-state index contributed by atoms with van der Waals surface area (Å²) in [6.45, 7) is 7.03. The molecule has 0 heterocycles. The zero-order valence-electron chi connectivity index (χ0n) is 17.3. The van der Waals surface area contributed by atoms with Gasteiger partial charge in [0.25, 0.3) is 0 Å². The molecule has 0 unspecified atom stereocenters. The summed E-state index contributed by atoms with van der Waals surface area (Å²) in [5, 5.41) is 0. The molecule has 0 N–H and O–H groups in total. The fraction of sp³-hybridized carbons (Fsp3) is 0.520. The van der Waals surface area contributed by atoms with Gasteiger partial charge in [-0.15, -0.1) is 0 Å². The molecule has 0 aliphatic heterocycles. The van der Waals surface area contributed by atoms with Gasteiger partial charge in [-0.1, -0.05) is 56.3 Å². The summed E-state index contributed by atoms with van der Waals surface area (Å²) in [6, 6.07) is 16.1. The summed E-state index contributed by atoms with van der Waals surface area (Å²) >= 11 is 0. The number of methoxy groups -OCH3 is 1. The molecule has 1 atom stereocenters. The van der Waals surface area contributed by atoms with Crippen molar-refractivity contribution in [3.05, 3.63) is 64.7 Å². The summed E-state index contributed by atoms with van der Waals surface area (Å²) in [5.74, 6) is 1.15. The second-order valence-corrected chi connectivity index (χ2v) is 7.81. The first-order chi connectivity index (χ1) is 13.3. The highest BCUT2D eigenvalue weighted by Gasteiger charge is 2.26. The van der Waals surface area contributed by atoms with Crippen LogP contribution in [0.2, 0.25) is 0 Å². The second kappa shape index (κ2) is 9.94. The highest BCUT2D eigenvalue weighted by molar-refractivity contribution is 5.48. The average molecular weight is 366 g/mol. The molecule has 0 amide bonds. The molecule has 1 aliphatic carbocycles. The van der Waals surface area contributed by atoms with E-state index in [4.69, 9.17) is 4.74 Å². The minimum absolute atomic E-state index is 0.692. The Hall–Kier alpha value is -1.80. The molecule has 0 fully saturated rings.